The average molecular weight is 397 g/mol. The van der Waals surface area contributed by atoms with Crippen LogP contribution in [0.1, 0.15) is 31.4 Å². The maximum atomic E-state index is 12.2. The number of carbonyl (C=O) groups is 2. The molecule has 0 saturated carbocycles. The number of halogens is 1. The van der Waals surface area contributed by atoms with Gasteiger partial charge in [0, 0.05) is 30.7 Å². The van der Waals surface area contributed by atoms with Gasteiger partial charge in [-0.15, -0.1) is 0 Å². The zero-order chi connectivity index (χ0) is 17.5. The van der Waals surface area contributed by atoms with Gasteiger partial charge in [-0.3, -0.25) is 9.69 Å². The van der Waals surface area contributed by atoms with Crippen LogP contribution in [0.5, 0.6) is 0 Å². The first kappa shape index (κ1) is 18.7. The molecule has 3 N–H and O–H groups in total. The molecular weight excluding hydrogens is 372 g/mol. The van der Waals surface area contributed by atoms with Gasteiger partial charge in [0.05, 0.1) is 12.6 Å². The molecule has 1 fully saturated rings. The Morgan fingerprint density at radius 1 is 1.33 bits per heavy atom. The standard InChI is InChI=1S/C17H25BrN4O2/c1-12(13-4-3-5-14(18)10-13)20-17(24)21-15-6-8-22(9-7-15)11-16(23)19-2/h3-5,10,12,15H,6-9,11H2,1-2H3,(H,19,23)(H2,20,21,24). The fourth-order valence-corrected chi connectivity index (χ4v) is 3.22. The Labute approximate surface area is 151 Å². The number of hydrogen-bond donors (Lipinski definition) is 3. The Bertz CT molecular complexity index is 573. The van der Waals surface area contributed by atoms with E-state index in [0.717, 1.165) is 36.0 Å². The van der Waals surface area contributed by atoms with Crippen molar-refractivity contribution in [1.82, 2.24) is 20.9 Å². The lowest BCUT2D eigenvalue weighted by Crippen LogP contribution is -2.49. The molecule has 0 aromatic heterocycles. The predicted molar refractivity (Wildman–Crippen MR) is 97.8 cm³/mol. The van der Waals surface area contributed by atoms with Gasteiger partial charge in [0.15, 0.2) is 0 Å². The summed E-state index contributed by atoms with van der Waals surface area (Å²) >= 11 is 3.44. The van der Waals surface area contributed by atoms with E-state index in [-0.39, 0.29) is 24.0 Å². The lowest BCUT2D eigenvalue weighted by Gasteiger charge is -2.32. The molecule has 0 bridgehead atoms. The summed E-state index contributed by atoms with van der Waals surface area (Å²) in [5, 5.41) is 8.64. The highest BCUT2D eigenvalue weighted by molar-refractivity contribution is 9.10. The quantitative estimate of drug-likeness (QED) is 0.712. The summed E-state index contributed by atoms with van der Waals surface area (Å²) in [6, 6.07) is 7.86. The SMILES string of the molecule is CNC(=O)CN1CCC(NC(=O)NC(C)c2cccc(Br)c2)CC1. The summed E-state index contributed by atoms with van der Waals surface area (Å²) in [4.78, 5) is 25.7. The molecule has 1 unspecified atom stereocenters. The molecule has 1 saturated heterocycles. The number of urea groups is 1. The zero-order valence-electron chi connectivity index (χ0n) is 14.1. The molecule has 3 amide bonds. The Balaban J connectivity index is 1.74. The van der Waals surface area contributed by atoms with Crippen molar-refractivity contribution >= 4 is 27.9 Å². The third-order valence-corrected chi connectivity index (χ3v) is 4.76. The van der Waals surface area contributed by atoms with E-state index in [0.29, 0.717) is 6.54 Å². The van der Waals surface area contributed by atoms with Gasteiger partial charge in [-0.2, -0.15) is 0 Å². The van der Waals surface area contributed by atoms with Crippen LogP contribution in [-0.4, -0.2) is 49.6 Å². The number of nitrogens with one attached hydrogen (secondary N) is 3. The molecule has 1 aromatic rings. The highest BCUT2D eigenvalue weighted by Crippen LogP contribution is 2.18. The van der Waals surface area contributed by atoms with E-state index in [1.54, 1.807) is 7.05 Å². The predicted octanol–water partition coefficient (Wildman–Crippen LogP) is 2.02. The van der Waals surface area contributed by atoms with Crippen molar-refractivity contribution < 1.29 is 9.59 Å². The number of nitrogens with zero attached hydrogens (tertiary/aromatic N) is 1. The molecule has 7 heteroatoms. The fraction of sp³-hybridized carbons (Fsp3) is 0.529. The molecule has 0 radical (unpaired) electrons. The van der Waals surface area contributed by atoms with Crippen LogP contribution >= 0.6 is 15.9 Å². The van der Waals surface area contributed by atoms with E-state index < -0.39 is 0 Å². The van der Waals surface area contributed by atoms with E-state index >= 15 is 0 Å². The summed E-state index contributed by atoms with van der Waals surface area (Å²) in [7, 11) is 1.65. The number of carbonyl (C=O) groups excluding carboxylic acids is 2. The van der Waals surface area contributed by atoms with E-state index in [1.165, 1.54) is 0 Å². The summed E-state index contributed by atoms with van der Waals surface area (Å²) < 4.78 is 0.998. The van der Waals surface area contributed by atoms with E-state index in [9.17, 15) is 9.59 Å². The Hall–Kier alpha value is -1.60. The van der Waals surface area contributed by atoms with Crippen LogP contribution in [0.15, 0.2) is 28.7 Å². The molecule has 1 heterocycles. The number of piperidine rings is 1. The van der Waals surface area contributed by atoms with Crippen LogP contribution < -0.4 is 16.0 Å². The molecule has 0 aliphatic carbocycles. The summed E-state index contributed by atoms with van der Waals surface area (Å²) in [5.74, 6) is 0.0296. The number of rotatable bonds is 5. The molecule has 24 heavy (non-hydrogen) atoms. The maximum Gasteiger partial charge on any atom is 0.315 e. The summed E-state index contributed by atoms with van der Waals surface area (Å²) in [5.41, 5.74) is 1.06. The Morgan fingerprint density at radius 2 is 2.04 bits per heavy atom. The van der Waals surface area contributed by atoms with Gasteiger partial charge >= 0.3 is 6.03 Å². The number of likely N-dealkylation sites (N-methyl/N-ethyl adjacent to an activating group) is 1. The first-order valence-electron chi connectivity index (χ1n) is 8.23. The minimum absolute atomic E-state index is 0.0296. The smallest absolute Gasteiger partial charge is 0.315 e. The van der Waals surface area contributed by atoms with Crippen LogP contribution in [0.25, 0.3) is 0 Å². The number of amides is 3. The van der Waals surface area contributed by atoms with Gasteiger partial charge in [0.2, 0.25) is 5.91 Å². The normalized spacial score (nSPS) is 17.1. The van der Waals surface area contributed by atoms with Crippen molar-refractivity contribution in [3.05, 3.63) is 34.3 Å². The van der Waals surface area contributed by atoms with Crippen molar-refractivity contribution in [1.29, 1.82) is 0 Å². The lowest BCUT2D eigenvalue weighted by atomic mass is 10.1. The molecule has 0 spiro atoms. The van der Waals surface area contributed by atoms with Gasteiger partial charge in [-0.25, -0.2) is 4.79 Å². The molecule has 132 valence electrons. The van der Waals surface area contributed by atoms with Crippen LogP contribution in [0, 0.1) is 0 Å². The second-order valence-electron chi connectivity index (χ2n) is 6.12. The van der Waals surface area contributed by atoms with Crippen molar-refractivity contribution in [2.24, 2.45) is 0 Å². The molecule has 1 aliphatic heterocycles. The van der Waals surface area contributed by atoms with Crippen LogP contribution in [0.4, 0.5) is 4.79 Å². The van der Waals surface area contributed by atoms with Gasteiger partial charge < -0.3 is 16.0 Å². The average Bonchev–Trinajstić information content (AvgIpc) is 2.56. The van der Waals surface area contributed by atoms with Crippen molar-refractivity contribution in [2.45, 2.75) is 31.8 Å². The highest BCUT2D eigenvalue weighted by Gasteiger charge is 2.22. The second kappa shape index (κ2) is 9.03. The Morgan fingerprint density at radius 3 is 2.67 bits per heavy atom. The van der Waals surface area contributed by atoms with E-state index in [2.05, 4.69) is 36.8 Å². The van der Waals surface area contributed by atoms with Crippen LogP contribution in [0.2, 0.25) is 0 Å². The van der Waals surface area contributed by atoms with Gasteiger partial charge in [-0.05, 0) is 37.5 Å². The lowest BCUT2D eigenvalue weighted by molar-refractivity contribution is -0.122. The zero-order valence-corrected chi connectivity index (χ0v) is 15.7. The third-order valence-electron chi connectivity index (χ3n) is 4.27. The highest BCUT2D eigenvalue weighted by atomic mass is 79.9. The maximum absolute atomic E-state index is 12.2. The molecule has 6 nitrogen and oxygen atoms in total. The van der Waals surface area contributed by atoms with E-state index in [4.69, 9.17) is 0 Å². The number of hydrogen-bond acceptors (Lipinski definition) is 3. The largest absolute Gasteiger partial charge is 0.358 e. The topological polar surface area (TPSA) is 73.5 Å². The first-order chi connectivity index (χ1) is 11.5. The number of likely N-dealkylation sites (tertiary alicyclic amines) is 1. The third kappa shape index (κ3) is 5.79. The van der Waals surface area contributed by atoms with Crippen molar-refractivity contribution in [3.8, 4) is 0 Å². The minimum atomic E-state index is -0.146. The molecule has 1 atom stereocenters. The molecule has 1 aromatic carbocycles. The monoisotopic (exact) mass is 396 g/mol. The Kier molecular flexibility index (Phi) is 7.05. The minimum Gasteiger partial charge on any atom is -0.358 e. The van der Waals surface area contributed by atoms with Gasteiger partial charge in [0.25, 0.3) is 0 Å². The van der Waals surface area contributed by atoms with Gasteiger partial charge in [0.1, 0.15) is 0 Å². The molecular formula is C17H25BrN4O2. The molecule has 1 aliphatic rings. The van der Waals surface area contributed by atoms with Crippen LogP contribution in [-0.2, 0) is 4.79 Å². The summed E-state index contributed by atoms with van der Waals surface area (Å²) in [6.45, 7) is 4.03. The molecule has 2 rings (SSSR count). The second-order valence-corrected chi connectivity index (χ2v) is 7.03. The van der Waals surface area contributed by atoms with Crippen LogP contribution in [0.3, 0.4) is 0 Å². The van der Waals surface area contributed by atoms with E-state index in [1.807, 2.05) is 31.2 Å². The fourth-order valence-electron chi connectivity index (χ4n) is 2.80. The first-order valence-corrected chi connectivity index (χ1v) is 9.02. The van der Waals surface area contributed by atoms with Gasteiger partial charge in [-0.1, -0.05) is 28.1 Å². The number of benzene rings is 1. The van der Waals surface area contributed by atoms with Crippen molar-refractivity contribution in [2.75, 3.05) is 26.7 Å². The van der Waals surface area contributed by atoms with Crippen molar-refractivity contribution in [3.63, 3.8) is 0 Å². The summed E-state index contributed by atoms with van der Waals surface area (Å²) in [6.07, 6.45) is 1.71.